The highest BCUT2D eigenvalue weighted by molar-refractivity contribution is 5.37. The lowest BCUT2D eigenvalue weighted by molar-refractivity contribution is 0.282. The molecular formula is C12H20N2O2. The highest BCUT2D eigenvalue weighted by atomic mass is 16.5. The SMILES string of the molecule is CCOc1cccc(NC(C)CCCO)n1. The Bertz CT molecular complexity index is 305. The van der Waals surface area contributed by atoms with Crippen molar-refractivity contribution in [2.45, 2.75) is 32.7 Å². The Hall–Kier alpha value is -1.29. The summed E-state index contributed by atoms with van der Waals surface area (Å²) in [6, 6.07) is 5.97. The zero-order valence-corrected chi connectivity index (χ0v) is 9.94. The number of aliphatic hydroxyl groups is 1. The van der Waals surface area contributed by atoms with Crippen molar-refractivity contribution >= 4 is 5.82 Å². The van der Waals surface area contributed by atoms with Crippen molar-refractivity contribution in [1.29, 1.82) is 0 Å². The third-order valence-electron chi connectivity index (χ3n) is 2.21. The number of ether oxygens (including phenoxy) is 1. The lowest BCUT2D eigenvalue weighted by Crippen LogP contribution is -2.16. The number of rotatable bonds is 7. The summed E-state index contributed by atoms with van der Waals surface area (Å²) < 4.78 is 5.32. The summed E-state index contributed by atoms with van der Waals surface area (Å²) in [6.07, 6.45) is 1.73. The topological polar surface area (TPSA) is 54.4 Å². The quantitative estimate of drug-likeness (QED) is 0.744. The zero-order valence-electron chi connectivity index (χ0n) is 9.94. The number of nitrogens with zero attached hydrogens (tertiary/aromatic N) is 1. The second kappa shape index (κ2) is 7.06. The Balaban J connectivity index is 2.49. The van der Waals surface area contributed by atoms with E-state index in [1.807, 2.05) is 25.1 Å². The van der Waals surface area contributed by atoms with Gasteiger partial charge in [0.2, 0.25) is 5.88 Å². The van der Waals surface area contributed by atoms with Crippen LogP contribution < -0.4 is 10.1 Å². The van der Waals surface area contributed by atoms with E-state index in [1.54, 1.807) is 0 Å². The fraction of sp³-hybridized carbons (Fsp3) is 0.583. The van der Waals surface area contributed by atoms with Gasteiger partial charge in [-0.1, -0.05) is 6.07 Å². The van der Waals surface area contributed by atoms with Gasteiger partial charge in [0.1, 0.15) is 5.82 Å². The Labute approximate surface area is 96.7 Å². The van der Waals surface area contributed by atoms with Crippen LogP contribution in [0.15, 0.2) is 18.2 Å². The average Bonchev–Trinajstić information content (AvgIpc) is 2.27. The largest absolute Gasteiger partial charge is 0.478 e. The molecule has 1 aromatic heterocycles. The fourth-order valence-electron chi connectivity index (χ4n) is 1.45. The molecule has 0 saturated heterocycles. The van der Waals surface area contributed by atoms with Crippen LogP contribution in [0.5, 0.6) is 5.88 Å². The zero-order chi connectivity index (χ0) is 11.8. The predicted molar refractivity (Wildman–Crippen MR) is 64.8 cm³/mol. The summed E-state index contributed by atoms with van der Waals surface area (Å²) in [7, 11) is 0. The molecule has 16 heavy (non-hydrogen) atoms. The summed E-state index contributed by atoms with van der Waals surface area (Å²) in [4.78, 5) is 4.31. The van der Waals surface area contributed by atoms with E-state index in [4.69, 9.17) is 9.84 Å². The number of aliphatic hydroxyl groups excluding tert-OH is 1. The Morgan fingerprint density at radius 3 is 3.00 bits per heavy atom. The maximum Gasteiger partial charge on any atom is 0.215 e. The molecule has 0 aliphatic carbocycles. The Morgan fingerprint density at radius 2 is 2.31 bits per heavy atom. The molecule has 1 unspecified atom stereocenters. The van der Waals surface area contributed by atoms with Crippen LogP contribution in [0, 0.1) is 0 Å². The van der Waals surface area contributed by atoms with Crippen LogP contribution in [-0.2, 0) is 0 Å². The molecule has 0 aromatic carbocycles. The summed E-state index contributed by atoms with van der Waals surface area (Å²) in [6.45, 7) is 4.87. The molecule has 1 rings (SSSR count). The molecule has 0 aliphatic heterocycles. The minimum absolute atomic E-state index is 0.235. The summed E-state index contributed by atoms with van der Waals surface area (Å²) >= 11 is 0. The van der Waals surface area contributed by atoms with Crippen LogP contribution >= 0.6 is 0 Å². The molecule has 0 spiro atoms. The predicted octanol–water partition coefficient (Wildman–Crippen LogP) is 2.05. The number of hydrogen-bond donors (Lipinski definition) is 2. The van der Waals surface area contributed by atoms with Gasteiger partial charge in [-0.25, -0.2) is 0 Å². The Kier molecular flexibility index (Phi) is 5.64. The first-order valence-electron chi connectivity index (χ1n) is 5.73. The van der Waals surface area contributed by atoms with Crippen LogP contribution in [0.3, 0.4) is 0 Å². The summed E-state index contributed by atoms with van der Waals surface area (Å²) in [5.74, 6) is 1.46. The molecule has 0 bridgehead atoms. The van der Waals surface area contributed by atoms with E-state index in [2.05, 4.69) is 17.2 Å². The number of aromatic nitrogens is 1. The lowest BCUT2D eigenvalue weighted by atomic mass is 10.2. The minimum Gasteiger partial charge on any atom is -0.478 e. The number of anilines is 1. The molecule has 1 aromatic rings. The van der Waals surface area contributed by atoms with Gasteiger partial charge in [0.15, 0.2) is 0 Å². The second-order valence-electron chi connectivity index (χ2n) is 3.71. The van der Waals surface area contributed by atoms with Crippen LogP contribution in [-0.4, -0.2) is 29.3 Å². The van der Waals surface area contributed by atoms with Crippen molar-refractivity contribution in [3.8, 4) is 5.88 Å². The molecule has 0 amide bonds. The fourth-order valence-corrected chi connectivity index (χ4v) is 1.45. The van der Waals surface area contributed by atoms with E-state index in [1.165, 1.54) is 0 Å². The van der Waals surface area contributed by atoms with Crippen molar-refractivity contribution < 1.29 is 9.84 Å². The smallest absolute Gasteiger partial charge is 0.215 e. The van der Waals surface area contributed by atoms with E-state index >= 15 is 0 Å². The lowest BCUT2D eigenvalue weighted by Gasteiger charge is -2.14. The van der Waals surface area contributed by atoms with Crippen molar-refractivity contribution in [3.05, 3.63) is 18.2 Å². The van der Waals surface area contributed by atoms with Crippen molar-refractivity contribution in [2.24, 2.45) is 0 Å². The number of pyridine rings is 1. The van der Waals surface area contributed by atoms with Gasteiger partial charge in [-0.3, -0.25) is 0 Å². The number of hydrogen-bond acceptors (Lipinski definition) is 4. The van der Waals surface area contributed by atoms with Gasteiger partial charge in [0, 0.05) is 18.7 Å². The van der Waals surface area contributed by atoms with Gasteiger partial charge in [-0.15, -0.1) is 0 Å². The molecule has 0 aliphatic rings. The number of nitrogens with one attached hydrogen (secondary N) is 1. The molecular weight excluding hydrogens is 204 g/mol. The molecule has 4 nitrogen and oxygen atoms in total. The van der Waals surface area contributed by atoms with E-state index in [9.17, 15) is 0 Å². The van der Waals surface area contributed by atoms with Gasteiger partial charge in [0.05, 0.1) is 6.61 Å². The molecule has 0 saturated carbocycles. The molecule has 1 atom stereocenters. The molecule has 90 valence electrons. The summed E-state index contributed by atoms with van der Waals surface area (Å²) in [5, 5.41) is 12.0. The van der Waals surface area contributed by atoms with E-state index in [-0.39, 0.29) is 6.61 Å². The van der Waals surface area contributed by atoms with Gasteiger partial charge < -0.3 is 15.2 Å². The third-order valence-corrected chi connectivity index (χ3v) is 2.21. The van der Waals surface area contributed by atoms with Crippen molar-refractivity contribution in [1.82, 2.24) is 4.98 Å². The van der Waals surface area contributed by atoms with E-state index < -0.39 is 0 Å². The first-order valence-corrected chi connectivity index (χ1v) is 5.73. The van der Waals surface area contributed by atoms with E-state index in [0.29, 0.717) is 18.5 Å². The molecule has 4 heteroatoms. The first-order chi connectivity index (χ1) is 7.76. The maximum absolute atomic E-state index is 8.73. The van der Waals surface area contributed by atoms with E-state index in [0.717, 1.165) is 18.7 Å². The van der Waals surface area contributed by atoms with Crippen LogP contribution in [0.4, 0.5) is 5.82 Å². The highest BCUT2D eigenvalue weighted by Gasteiger charge is 2.03. The van der Waals surface area contributed by atoms with Gasteiger partial charge in [-0.2, -0.15) is 4.98 Å². The monoisotopic (exact) mass is 224 g/mol. The van der Waals surface area contributed by atoms with Gasteiger partial charge in [-0.05, 0) is 32.8 Å². The average molecular weight is 224 g/mol. The maximum atomic E-state index is 8.73. The van der Waals surface area contributed by atoms with Crippen LogP contribution in [0.1, 0.15) is 26.7 Å². The standard InChI is InChI=1S/C12H20N2O2/c1-3-16-12-8-4-7-11(14-12)13-10(2)6-5-9-15/h4,7-8,10,15H,3,5-6,9H2,1-2H3,(H,13,14). The minimum atomic E-state index is 0.235. The molecule has 0 fully saturated rings. The Morgan fingerprint density at radius 1 is 1.50 bits per heavy atom. The highest BCUT2D eigenvalue weighted by Crippen LogP contribution is 2.13. The normalized spacial score (nSPS) is 12.2. The first kappa shape index (κ1) is 12.8. The van der Waals surface area contributed by atoms with Crippen LogP contribution in [0.2, 0.25) is 0 Å². The summed E-state index contributed by atoms with van der Waals surface area (Å²) in [5.41, 5.74) is 0. The third kappa shape index (κ3) is 4.49. The molecule has 2 N–H and O–H groups in total. The van der Waals surface area contributed by atoms with Gasteiger partial charge in [0.25, 0.3) is 0 Å². The van der Waals surface area contributed by atoms with Gasteiger partial charge >= 0.3 is 0 Å². The molecule has 0 radical (unpaired) electrons. The molecule has 1 heterocycles. The second-order valence-corrected chi connectivity index (χ2v) is 3.71. The van der Waals surface area contributed by atoms with Crippen molar-refractivity contribution in [3.63, 3.8) is 0 Å². The van der Waals surface area contributed by atoms with Crippen molar-refractivity contribution in [2.75, 3.05) is 18.5 Å². The van der Waals surface area contributed by atoms with Crippen LogP contribution in [0.25, 0.3) is 0 Å².